The number of hydrogen-bond donors (Lipinski definition) is 0. The van der Waals surface area contributed by atoms with E-state index in [0.717, 1.165) is 15.3 Å². The highest BCUT2D eigenvalue weighted by Gasteiger charge is 2.22. The van der Waals surface area contributed by atoms with Gasteiger partial charge < -0.3 is 9.47 Å². The molecule has 0 aliphatic rings. The molecule has 0 atom stereocenters. The number of nitrogens with zero attached hydrogens (tertiary/aromatic N) is 1. The van der Waals surface area contributed by atoms with Crippen molar-refractivity contribution in [1.82, 2.24) is 5.06 Å². The van der Waals surface area contributed by atoms with Crippen molar-refractivity contribution in [3.8, 4) is 23.3 Å². The van der Waals surface area contributed by atoms with Crippen LogP contribution in [-0.2, 0) is 11.3 Å². The van der Waals surface area contributed by atoms with Crippen molar-refractivity contribution in [2.24, 2.45) is 0 Å². The van der Waals surface area contributed by atoms with Crippen LogP contribution in [0.2, 0.25) is 0 Å². The van der Waals surface area contributed by atoms with Gasteiger partial charge in [0.05, 0.1) is 4.88 Å². The molecule has 36 heavy (non-hydrogen) atoms. The summed E-state index contributed by atoms with van der Waals surface area (Å²) in [7, 11) is 0. The SMILES string of the molecule is O=C(Oc1ccccc1)ON(CC#Cc1ccc(Cc2ccc(F)cc2)s1)C(=O)Oc1ccccc1. The predicted octanol–water partition coefficient (Wildman–Crippen LogP) is 6.46. The fraction of sp³-hybridized carbons (Fsp3) is 0.0714. The highest BCUT2D eigenvalue weighted by molar-refractivity contribution is 7.12. The van der Waals surface area contributed by atoms with E-state index in [9.17, 15) is 14.0 Å². The second-order valence-electron chi connectivity index (χ2n) is 7.35. The Hall–Kier alpha value is -4.61. The van der Waals surface area contributed by atoms with Crippen molar-refractivity contribution in [2.45, 2.75) is 6.42 Å². The first-order chi connectivity index (χ1) is 17.5. The van der Waals surface area contributed by atoms with Crippen LogP contribution in [0.15, 0.2) is 97.1 Å². The minimum atomic E-state index is -1.11. The number of hydroxylamine groups is 2. The number of para-hydroxylation sites is 2. The van der Waals surface area contributed by atoms with Crippen molar-refractivity contribution >= 4 is 23.6 Å². The van der Waals surface area contributed by atoms with Crippen LogP contribution in [0.3, 0.4) is 0 Å². The van der Waals surface area contributed by atoms with Gasteiger partial charge in [-0.3, -0.25) is 4.84 Å². The van der Waals surface area contributed by atoms with Crippen molar-refractivity contribution in [3.05, 3.63) is 118 Å². The molecule has 8 heteroatoms. The number of halogens is 1. The lowest BCUT2D eigenvalue weighted by molar-refractivity contribution is -0.0807. The lowest BCUT2D eigenvalue weighted by atomic mass is 10.1. The van der Waals surface area contributed by atoms with Crippen molar-refractivity contribution < 1.29 is 28.3 Å². The predicted molar refractivity (Wildman–Crippen MR) is 133 cm³/mol. The summed E-state index contributed by atoms with van der Waals surface area (Å²) in [4.78, 5) is 31.8. The van der Waals surface area contributed by atoms with E-state index < -0.39 is 12.2 Å². The average molecular weight is 502 g/mol. The minimum absolute atomic E-state index is 0.249. The van der Waals surface area contributed by atoms with E-state index >= 15 is 0 Å². The maximum Gasteiger partial charge on any atom is 0.539 e. The zero-order valence-electron chi connectivity index (χ0n) is 18.9. The zero-order valence-corrected chi connectivity index (χ0v) is 19.7. The Bertz CT molecular complexity index is 1360. The first-order valence-electron chi connectivity index (χ1n) is 10.9. The normalized spacial score (nSPS) is 10.0. The Kier molecular flexibility index (Phi) is 8.31. The second-order valence-corrected chi connectivity index (χ2v) is 8.51. The van der Waals surface area contributed by atoms with Crippen molar-refractivity contribution in [1.29, 1.82) is 0 Å². The number of rotatable bonds is 5. The number of carbonyl (C=O) groups excluding carboxylic acids is 2. The molecule has 0 fully saturated rings. The van der Waals surface area contributed by atoms with Crippen LogP contribution in [0.5, 0.6) is 11.5 Å². The van der Waals surface area contributed by atoms with Gasteiger partial charge in [0.25, 0.3) is 0 Å². The smallest absolute Gasteiger partial charge is 0.408 e. The summed E-state index contributed by atoms with van der Waals surface area (Å²) in [6.45, 7) is -0.249. The molecule has 4 rings (SSSR count). The molecule has 1 heterocycles. The van der Waals surface area contributed by atoms with Gasteiger partial charge in [-0.2, -0.15) is 0 Å². The Morgan fingerprint density at radius 1 is 0.806 bits per heavy atom. The summed E-state index contributed by atoms with van der Waals surface area (Å²) in [5, 5.41) is 0.693. The third kappa shape index (κ3) is 7.45. The van der Waals surface area contributed by atoms with Gasteiger partial charge in [0.15, 0.2) is 0 Å². The Morgan fingerprint density at radius 3 is 2.11 bits per heavy atom. The molecule has 0 saturated heterocycles. The fourth-order valence-corrected chi connectivity index (χ4v) is 3.93. The maximum absolute atomic E-state index is 13.1. The summed E-state index contributed by atoms with van der Waals surface area (Å²) in [6.07, 6.45) is -1.38. The summed E-state index contributed by atoms with van der Waals surface area (Å²) in [5.74, 6) is 6.05. The van der Waals surface area contributed by atoms with Crippen molar-refractivity contribution in [3.63, 3.8) is 0 Å². The molecule has 1 amide bonds. The van der Waals surface area contributed by atoms with Gasteiger partial charge in [-0.05, 0) is 54.1 Å². The lowest BCUT2D eigenvalue weighted by Gasteiger charge is -2.17. The van der Waals surface area contributed by atoms with Crippen LogP contribution in [0.25, 0.3) is 0 Å². The molecule has 0 bridgehead atoms. The van der Waals surface area contributed by atoms with Gasteiger partial charge >= 0.3 is 12.2 Å². The highest BCUT2D eigenvalue weighted by atomic mass is 32.1. The third-order valence-electron chi connectivity index (χ3n) is 4.67. The van der Waals surface area contributed by atoms with E-state index in [4.69, 9.17) is 14.3 Å². The molecule has 0 saturated carbocycles. The van der Waals surface area contributed by atoms with Crippen LogP contribution in [0.1, 0.15) is 15.3 Å². The molecule has 0 unspecified atom stereocenters. The molecule has 0 N–H and O–H groups in total. The topological polar surface area (TPSA) is 65.1 Å². The van der Waals surface area contributed by atoms with E-state index in [0.29, 0.717) is 11.5 Å². The van der Waals surface area contributed by atoms with Gasteiger partial charge in [-0.15, -0.1) is 16.4 Å². The third-order valence-corrected chi connectivity index (χ3v) is 5.67. The van der Waals surface area contributed by atoms with Crippen LogP contribution in [-0.4, -0.2) is 23.9 Å². The maximum atomic E-state index is 13.1. The summed E-state index contributed by atoms with van der Waals surface area (Å²) in [5.41, 5.74) is 0.984. The quantitative estimate of drug-likeness (QED) is 0.136. The minimum Gasteiger partial charge on any atom is -0.408 e. The van der Waals surface area contributed by atoms with Crippen LogP contribution in [0, 0.1) is 17.7 Å². The monoisotopic (exact) mass is 501 g/mol. The molecule has 0 aliphatic heterocycles. The molecular weight excluding hydrogens is 481 g/mol. The number of hydrogen-bond acceptors (Lipinski definition) is 6. The Labute approximate surface area is 211 Å². The molecule has 6 nitrogen and oxygen atoms in total. The molecule has 1 aromatic heterocycles. The highest BCUT2D eigenvalue weighted by Crippen LogP contribution is 2.19. The van der Waals surface area contributed by atoms with E-state index in [-0.39, 0.29) is 23.9 Å². The average Bonchev–Trinajstić information content (AvgIpc) is 3.33. The van der Waals surface area contributed by atoms with Gasteiger partial charge in [0.1, 0.15) is 23.9 Å². The number of benzene rings is 3. The van der Waals surface area contributed by atoms with E-state index in [1.54, 1.807) is 72.8 Å². The van der Waals surface area contributed by atoms with Gasteiger partial charge in [-0.1, -0.05) is 60.4 Å². The molecule has 180 valence electrons. The number of thiophene rings is 1. The zero-order chi connectivity index (χ0) is 25.2. The van der Waals surface area contributed by atoms with E-state index in [1.165, 1.54) is 23.5 Å². The molecule has 0 aliphatic carbocycles. The molecular formula is C28H20FNO5S. The van der Waals surface area contributed by atoms with E-state index in [1.807, 2.05) is 12.1 Å². The molecule has 0 radical (unpaired) electrons. The summed E-state index contributed by atoms with van der Waals surface area (Å²) < 4.78 is 23.5. The number of amides is 1. The summed E-state index contributed by atoms with van der Waals surface area (Å²) >= 11 is 1.48. The number of carbonyl (C=O) groups is 2. The van der Waals surface area contributed by atoms with E-state index in [2.05, 4.69) is 11.8 Å². The van der Waals surface area contributed by atoms with Gasteiger partial charge in [-0.25, -0.2) is 14.0 Å². The first-order valence-corrected chi connectivity index (χ1v) is 11.7. The first kappa shape index (κ1) is 24.5. The van der Waals surface area contributed by atoms with Crippen LogP contribution < -0.4 is 9.47 Å². The number of ether oxygens (including phenoxy) is 2. The lowest BCUT2D eigenvalue weighted by Crippen LogP contribution is -2.37. The van der Waals surface area contributed by atoms with Crippen LogP contribution in [0.4, 0.5) is 14.0 Å². The summed E-state index contributed by atoms with van der Waals surface area (Å²) in [6, 6.07) is 26.8. The van der Waals surface area contributed by atoms with Gasteiger partial charge in [0, 0.05) is 11.3 Å². The Balaban J connectivity index is 1.41. The molecule has 4 aromatic rings. The fourth-order valence-electron chi connectivity index (χ4n) is 3.01. The van der Waals surface area contributed by atoms with Crippen molar-refractivity contribution in [2.75, 3.05) is 6.54 Å². The molecule has 0 spiro atoms. The Morgan fingerprint density at radius 2 is 1.44 bits per heavy atom. The molecule has 3 aromatic carbocycles. The van der Waals surface area contributed by atoms with Gasteiger partial charge in [0.2, 0.25) is 0 Å². The van der Waals surface area contributed by atoms with Crippen LogP contribution >= 0.6 is 11.3 Å². The standard InChI is InChI=1S/C28H20FNO5S/c29-22-15-13-21(14-16-22)20-26-18-17-25(36-26)12-7-19-30(27(31)33-23-8-3-1-4-9-23)35-28(32)34-24-10-5-2-6-11-24/h1-6,8-11,13-18H,19-20H2. The second kappa shape index (κ2) is 12.2. The largest absolute Gasteiger partial charge is 0.539 e.